The molecule has 2 aliphatic heterocycles. The highest BCUT2D eigenvalue weighted by molar-refractivity contribution is 9.10. The van der Waals surface area contributed by atoms with Crippen molar-refractivity contribution in [2.24, 2.45) is 5.41 Å². The first-order valence-electron chi connectivity index (χ1n) is 13.6. The molecule has 1 unspecified atom stereocenters. The number of amides is 2. The van der Waals surface area contributed by atoms with Gasteiger partial charge in [0.1, 0.15) is 17.2 Å². The highest BCUT2D eigenvalue weighted by atomic mass is 79.9. The smallest absolute Gasteiger partial charge is 0.431 e. The molecule has 2 aliphatic rings. The molecule has 1 spiro atoms. The van der Waals surface area contributed by atoms with Gasteiger partial charge < -0.3 is 19.3 Å². The first kappa shape index (κ1) is 32.2. The SMILES string of the molecule is COC(C(=O)N1CCC2(CCN(C(=O)OC(C)(C)C)C[C@H]2c2ccc(F)cc2)CC1)(c1cc(Br)ccc1F)C(F)(F)F. The summed E-state index contributed by atoms with van der Waals surface area (Å²) in [6, 6.07) is 8.95. The van der Waals surface area contributed by atoms with E-state index in [1.165, 1.54) is 18.2 Å². The average molecular weight is 662 g/mol. The molecule has 2 aromatic carbocycles. The summed E-state index contributed by atoms with van der Waals surface area (Å²) in [7, 11) is 0.744. The number of rotatable bonds is 4. The van der Waals surface area contributed by atoms with E-state index >= 15 is 0 Å². The minimum Gasteiger partial charge on any atom is -0.444 e. The van der Waals surface area contributed by atoms with E-state index in [0.717, 1.165) is 29.7 Å². The molecule has 0 aromatic heterocycles. The Hall–Kier alpha value is -2.73. The summed E-state index contributed by atoms with van der Waals surface area (Å²) in [6.45, 7) is 5.83. The fraction of sp³-hybridized carbons (Fsp3) is 0.533. The second-order valence-electron chi connectivity index (χ2n) is 11.9. The zero-order valence-corrected chi connectivity index (χ0v) is 25.4. The number of piperidine rings is 2. The average Bonchev–Trinajstić information content (AvgIpc) is 2.90. The molecule has 2 fully saturated rings. The molecule has 12 heteroatoms. The van der Waals surface area contributed by atoms with E-state index in [9.17, 15) is 31.5 Å². The molecule has 2 aromatic rings. The topological polar surface area (TPSA) is 59.1 Å². The monoisotopic (exact) mass is 660 g/mol. The molecule has 2 heterocycles. The van der Waals surface area contributed by atoms with Crippen LogP contribution in [0.3, 0.4) is 0 Å². The quantitative estimate of drug-likeness (QED) is 0.327. The number of methoxy groups -OCH3 is 1. The Kier molecular flexibility index (Phi) is 9.00. The number of ether oxygens (including phenoxy) is 2. The van der Waals surface area contributed by atoms with Crippen LogP contribution in [0.25, 0.3) is 0 Å². The van der Waals surface area contributed by atoms with Crippen molar-refractivity contribution in [2.45, 2.75) is 63.3 Å². The molecular weight excluding hydrogens is 627 g/mol. The van der Waals surface area contributed by atoms with Gasteiger partial charge in [0.2, 0.25) is 0 Å². The Morgan fingerprint density at radius 1 is 0.929 bits per heavy atom. The molecule has 4 rings (SSSR count). The van der Waals surface area contributed by atoms with Crippen LogP contribution in [0, 0.1) is 17.0 Å². The lowest BCUT2D eigenvalue weighted by Crippen LogP contribution is -2.60. The molecule has 0 N–H and O–H groups in total. The van der Waals surface area contributed by atoms with Crippen LogP contribution < -0.4 is 0 Å². The summed E-state index contributed by atoms with van der Waals surface area (Å²) in [5.41, 5.74) is -4.87. The van der Waals surface area contributed by atoms with Crippen LogP contribution in [0.5, 0.6) is 0 Å². The van der Waals surface area contributed by atoms with Crippen molar-refractivity contribution in [3.63, 3.8) is 0 Å². The lowest BCUT2D eigenvalue weighted by molar-refractivity contribution is -0.272. The molecule has 2 amide bonds. The van der Waals surface area contributed by atoms with Gasteiger partial charge >= 0.3 is 12.3 Å². The lowest BCUT2D eigenvalue weighted by atomic mass is 9.62. The molecule has 0 radical (unpaired) electrons. The van der Waals surface area contributed by atoms with Gasteiger partial charge in [0, 0.05) is 49.2 Å². The number of halogens is 6. The van der Waals surface area contributed by atoms with Crippen LogP contribution in [0.15, 0.2) is 46.9 Å². The molecule has 6 nitrogen and oxygen atoms in total. The third kappa shape index (κ3) is 6.15. The summed E-state index contributed by atoms with van der Waals surface area (Å²) < 4.78 is 83.2. The summed E-state index contributed by atoms with van der Waals surface area (Å²) in [5, 5.41) is 0. The third-order valence-electron chi connectivity index (χ3n) is 8.31. The highest BCUT2D eigenvalue weighted by Crippen LogP contribution is 2.52. The number of nitrogens with zero attached hydrogens (tertiary/aromatic N) is 2. The van der Waals surface area contributed by atoms with Gasteiger partial charge in [0.05, 0.1) is 0 Å². The summed E-state index contributed by atoms with van der Waals surface area (Å²) in [5.74, 6) is -3.32. The number of carbonyl (C=O) groups excluding carboxylic acids is 2. The predicted octanol–water partition coefficient (Wildman–Crippen LogP) is 7.16. The standard InChI is InChI=1S/C30H34BrF5N2O4/c1-27(2,3)42-26(40)38-16-13-28(23(18-38)19-5-8-21(32)9-6-19)11-14-37(15-12-28)25(39)29(41-4,30(34,35)36)22-17-20(31)7-10-24(22)33/h5-10,17,23H,11-16,18H2,1-4H3/t23-,29?/m0/s1. The van der Waals surface area contributed by atoms with Crippen LogP contribution in [-0.4, -0.2) is 66.9 Å². The van der Waals surface area contributed by atoms with Crippen molar-refractivity contribution >= 4 is 27.9 Å². The van der Waals surface area contributed by atoms with E-state index in [-0.39, 0.29) is 30.0 Å². The Bertz CT molecular complexity index is 1310. The third-order valence-corrected chi connectivity index (χ3v) is 8.80. The van der Waals surface area contributed by atoms with Crippen LogP contribution in [0.4, 0.5) is 26.7 Å². The van der Waals surface area contributed by atoms with E-state index in [1.807, 2.05) is 0 Å². The number of benzene rings is 2. The van der Waals surface area contributed by atoms with E-state index in [4.69, 9.17) is 9.47 Å². The van der Waals surface area contributed by atoms with Gasteiger partial charge in [-0.3, -0.25) is 4.79 Å². The normalized spacial score (nSPS) is 20.8. The van der Waals surface area contributed by atoms with E-state index in [1.54, 1.807) is 37.8 Å². The molecule has 2 saturated heterocycles. The zero-order valence-electron chi connectivity index (χ0n) is 23.9. The highest BCUT2D eigenvalue weighted by Gasteiger charge is 2.65. The van der Waals surface area contributed by atoms with Gasteiger partial charge in [-0.1, -0.05) is 28.1 Å². The van der Waals surface area contributed by atoms with Gasteiger partial charge in [0.15, 0.2) is 0 Å². The fourth-order valence-electron chi connectivity index (χ4n) is 6.13. The first-order valence-corrected chi connectivity index (χ1v) is 14.4. The Labute approximate surface area is 250 Å². The number of hydrogen-bond acceptors (Lipinski definition) is 4. The van der Waals surface area contributed by atoms with Gasteiger partial charge in [-0.05, 0) is 81.3 Å². The predicted molar refractivity (Wildman–Crippen MR) is 149 cm³/mol. The Morgan fingerprint density at radius 3 is 2.02 bits per heavy atom. The summed E-state index contributed by atoms with van der Waals surface area (Å²) in [4.78, 5) is 29.3. The van der Waals surface area contributed by atoms with Crippen molar-refractivity contribution < 1.29 is 41.0 Å². The maximum absolute atomic E-state index is 14.8. The minimum absolute atomic E-state index is 0.0419. The first-order chi connectivity index (χ1) is 19.5. The maximum atomic E-state index is 14.8. The molecule has 230 valence electrons. The van der Waals surface area contributed by atoms with Crippen LogP contribution in [0.1, 0.15) is 57.1 Å². The molecule has 42 heavy (non-hydrogen) atoms. The van der Waals surface area contributed by atoms with Crippen molar-refractivity contribution in [3.8, 4) is 0 Å². The maximum Gasteiger partial charge on any atom is 0.431 e. The van der Waals surface area contributed by atoms with Crippen molar-refractivity contribution in [2.75, 3.05) is 33.3 Å². The fourth-order valence-corrected chi connectivity index (χ4v) is 6.49. The van der Waals surface area contributed by atoms with E-state index in [2.05, 4.69) is 15.9 Å². The van der Waals surface area contributed by atoms with Gasteiger partial charge in [-0.15, -0.1) is 0 Å². The molecule has 2 atom stereocenters. The minimum atomic E-state index is -5.26. The summed E-state index contributed by atoms with van der Waals surface area (Å²) >= 11 is 3.07. The molecule has 0 saturated carbocycles. The number of carbonyl (C=O) groups is 2. The summed E-state index contributed by atoms with van der Waals surface area (Å²) in [6.07, 6.45) is -4.59. The second-order valence-corrected chi connectivity index (χ2v) is 12.9. The van der Waals surface area contributed by atoms with Crippen molar-refractivity contribution in [1.29, 1.82) is 0 Å². The van der Waals surface area contributed by atoms with E-state index < -0.39 is 52.0 Å². The molecule has 0 bridgehead atoms. The van der Waals surface area contributed by atoms with Gasteiger partial charge in [-0.25, -0.2) is 13.6 Å². The van der Waals surface area contributed by atoms with Gasteiger partial charge in [-0.2, -0.15) is 13.2 Å². The van der Waals surface area contributed by atoms with Crippen LogP contribution >= 0.6 is 15.9 Å². The van der Waals surface area contributed by atoms with Crippen LogP contribution in [-0.2, 0) is 19.9 Å². The molecule has 0 aliphatic carbocycles. The molecular formula is C30H34BrF5N2O4. The number of hydrogen-bond donors (Lipinski definition) is 0. The second kappa shape index (κ2) is 11.7. The van der Waals surface area contributed by atoms with Gasteiger partial charge in [0.25, 0.3) is 11.5 Å². The zero-order chi connectivity index (χ0) is 31.1. The van der Waals surface area contributed by atoms with Crippen LogP contribution in [0.2, 0.25) is 0 Å². The Balaban J connectivity index is 1.63. The van der Waals surface area contributed by atoms with E-state index in [0.29, 0.717) is 25.8 Å². The lowest BCUT2D eigenvalue weighted by Gasteiger charge is -2.52. The Morgan fingerprint density at radius 2 is 1.50 bits per heavy atom. The van der Waals surface area contributed by atoms with Crippen molar-refractivity contribution in [1.82, 2.24) is 9.80 Å². The van der Waals surface area contributed by atoms with Crippen molar-refractivity contribution in [3.05, 3.63) is 69.7 Å². The largest absolute Gasteiger partial charge is 0.444 e. The number of alkyl halides is 3. The number of likely N-dealkylation sites (tertiary alicyclic amines) is 2.